The van der Waals surface area contributed by atoms with Crippen molar-refractivity contribution in [3.63, 3.8) is 0 Å². The van der Waals surface area contributed by atoms with E-state index in [4.69, 9.17) is 5.11 Å². The molecule has 0 spiro atoms. The molecule has 2 aliphatic rings. The van der Waals surface area contributed by atoms with Gasteiger partial charge in [0.2, 0.25) is 0 Å². The van der Waals surface area contributed by atoms with E-state index in [1.54, 1.807) is 11.8 Å². The van der Waals surface area contributed by atoms with Gasteiger partial charge in [-0.1, -0.05) is 6.08 Å². The first-order chi connectivity index (χ1) is 5.79. The highest BCUT2D eigenvalue weighted by molar-refractivity contribution is 8.02. The average Bonchev–Trinajstić information content (AvgIpc) is 2.47. The average molecular weight is 186 g/mol. The van der Waals surface area contributed by atoms with Gasteiger partial charge in [0.1, 0.15) is 6.04 Å². The summed E-state index contributed by atoms with van der Waals surface area (Å²) in [5.74, 6) is 0.279. The van der Waals surface area contributed by atoms with Gasteiger partial charge in [-0.2, -0.15) is 0 Å². The van der Waals surface area contributed by atoms with Crippen LogP contribution < -0.4 is 10.9 Å². The molecule has 2 heterocycles. The van der Waals surface area contributed by atoms with E-state index in [-0.39, 0.29) is 12.0 Å². The van der Waals surface area contributed by atoms with E-state index in [0.29, 0.717) is 0 Å². The van der Waals surface area contributed by atoms with Gasteiger partial charge in [0.05, 0.1) is 0 Å². The number of hydrogen-bond acceptors (Lipinski definition) is 4. The van der Waals surface area contributed by atoms with Gasteiger partial charge in [0, 0.05) is 17.7 Å². The van der Waals surface area contributed by atoms with Crippen LogP contribution in [0, 0.1) is 5.92 Å². The van der Waals surface area contributed by atoms with Gasteiger partial charge in [-0.05, 0) is 5.41 Å². The molecule has 0 amide bonds. The van der Waals surface area contributed by atoms with Gasteiger partial charge in [-0.3, -0.25) is 4.79 Å². The van der Waals surface area contributed by atoms with Crippen LogP contribution in [-0.2, 0) is 4.79 Å². The molecule has 0 aromatic rings. The topological polar surface area (TPSA) is 61.4 Å². The smallest absolute Gasteiger partial charge is 0.322 e. The van der Waals surface area contributed by atoms with Crippen molar-refractivity contribution < 1.29 is 9.90 Å². The molecule has 0 saturated carbocycles. The van der Waals surface area contributed by atoms with Gasteiger partial charge in [0.25, 0.3) is 0 Å². The second kappa shape index (κ2) is 3.08. The minimum atomic E-state index is -0.772. The third-order valence-corrected chi connectivity index (χ3v) is 3.16. The molecule has 3 unspecified atom stereocenters. The minimum absolute atomic E-state index is 0.178. The normalized spacial score (nSPS) is 39.5. The standard InChI is InChI=1S/C7H10N2O2S/c10-7(11)6-4-3-12-2-1-5(4)8-9-6/h1-2,4-6,8-9H,3H2,(H,10,11). The van der Waals surface area contributed by atoms with Crippen molar-refractivity contribution in [2.75, 3.05) is 5.75 Å². The molecule has 0 aromatic carbocycles. The van der Waals surface area contributed by atoms with Gasteiger partial charge < -0.3 is 5.11 Å². The Labute approximate surface area is 74.4 Å². The second-order valence-electron chi connectivity index (χ2n) is 2.96. The molecule has 0 bridgehead atoms. The fourth-order valence-corrected chi connectivity index (χ4v) is 2.56. The molecule has 0 aliphatic carbocycles. The monoisotopic (exact) mass is 186 g/mol. The summed E-state index contributed by atoms with van der Waals surface area (Å²) < 4.78 is 0. The van der Waals surface area contributed by atoms with Crippen LogP contribution in [0.2, 0.25) is 0 Å². The molecule has 12 heavy (non-hydrogen) atoms. The molecular weight excluding hydrogens is 176 g/mol. The summed E-state index contributed by atoms with van der Waals surface area (Å²) in [6.07, 6.45) is 2.01. The number of carboxylic acids is 1. The number of rotatable bonds is 1. The summed E-state index contributed by atoms with van der Waals surface area (Å²) >= 11 is 1.67. The molecule has 4 nitrogen and oxygen atoms in total. The molecule has 5 heteroatoms. The zero-order valence-electron chi connectivity index (χ0n) is 6.36. The van der Waals surface area contributed by atoms with E-state index in [2.05, 4.69) is 10.9 Å². The van der Waals surface area contributed by atoms with E-state index in [1.165, 1.54) is 0 Å². The van der Waals surface area contributed by atoms with Crippen LogP contribution in [0.3, 0.4) is 0 Å². The highest BCUT2D eigenvalue weighted by Crippen LogP contribution is 2.26. The largest absolute Gasteiger partial charge is 0.480 e. The number of carbonyl (C=O) groups is 1. The molecular formula is C7H10N2O2S. The molecule has 2 rings (SSSR count). The lowest BCUT2D eigenvalue weighted by Crippen LogP contribution is -2.39. The lowest BCUT2D eigenvalue weighted by molar-refractivity contribution is -0.140. The van der Waals surface area contributed by atoms with Gasteiger partial charge in [-0.25, -0.2) is 10.9 Å². The maximum atomic E-state index is 10.7. The van der Waals surface area contributed by atoms with E-state index >= 15 is 0 Å². The molecule has 66 valence electrons. The van der Waals surface area contributed by atoms with Gasteiger partial charge in [-0.15, -0.1) is 11.8 Å². The first-order valence-electron chi connectivity index (χ1n) is 3.81. The zero-order chi connectivity index (χ0) is 8.55. The Bertz CT molecular complexity index is 231. The van der Waals surface area contributed by atoms with Crippen molar-refractivity contribution in [2.45, 2.75) is 12.1 Å². The maximum absolute atomic E-state index is 10.7. The number of nitrogens with one attached hydrogen (secondary N) is 2. The first kappa shape index (κ1) is 8.10. The highest BCUT2D eigenvalue weighted by atomic mass is 32.2. The van der Waals surface area contributed by atoms with Crippen molar-refractivity contribution in [3.8, 4) is 0 Å². The summed E-state index contributed by atoms with van der Waals surface area (Å²) in [6, 6.07) is -0.250. The van der Waals surface area contributed by atoms with Crippen molar-refractivity contribution in [1.29, 1.82) is 0 Å². The number of thioether (sulfide) groups is 1. The van der Waals surface area contributed by atoms with Crippen molar-refractivity contribution in [2.24, 2.45) is 5.92 Å². The van der Waals surface area contributed by atoms with E-state index < -0.39 is 12.0 Å². The van der Waals surface area contributed by atoms with Crippen LogP contribution in [-0.4, -0.2) is 28.9 Å². The maximum Gasteiger partial charge on any atom is 0.322 e. The Balaban J connectivity index is 2.13. The molecule has 1 saturated heterocycles. The Morgan fingerprint density at radius 3 is 3.17 bits per heavy atom. The summed E-state index contributed by atoms with van der Waals surface area (Å²) in [5.41, 5.74) is 5.74. The van der Waals surface area contributed by atoms with E-state index in [1.807, 2.05) is 11.5 Å². The third-order valence-electron chi connectivity index (χ3n) is 2.23. The fourth-order valence-electron chi connectivity index (χ4n) is 1.55. The summed E-state index contributed by atoms with van der Waals surface area (Å²) in [6.45, 7) is 0. The first-order valence-corrected chi connectivity index (χ1v) is 4.86. The van der Waals surface area contributed by atoms with Crippen LogP contribution in [0.5, 0.6) is 0 Å². The number of carboxylic acid groups (broad SMARTS) is 1. The molecule has 1 fully saturated rings. The van der Waals surface area contributed by atoms with Crippen LogP contribution >= 0.6 is 11.8 Å². The quantitative estimate of drug-likeness (QED) is 0.529. The fraction of sp³-hybridized carbons (Fsp3) is 0.571. The summed E-state index contributed by atoms with van der Waals surface area (Å²) in [5, 5.41) is 10.8. The molecule has 2 aliphatic heterocycles. The Kier molecular flexibility index (Phi) is 2.08. The van der Waals surface area contributed by atoms with Gasteiger partial charge in [0.15, 0.2) is 0 Å². The predicted octanol–water partition coefficient (Wildman–Crippen LogP) is -0.207. The molecule has 0 radical (unpaired) electrons. The van der Waals surface area contributed by atoms with Crippen LogP contribution in [0.1, 0.15) is 0 Å². The zero-order valence-corrected chi connectivity index (χ0v) is 7.17. The van der Waals surface area contributed by atoms with Crippen molar-refractivity contribution in [3.05, 3.63) is 11.5 Å². The van der Waals surface area contributed by atoms with Crippen molar-refractivity contribution >= 4 is 17.7 Å². The summed E-state index contributed by atoms with van der Waals surface area (Å²) in [7, 11) is 0. The lowest BCUT2D eigenvalue weighted by atomic mass is 9.96. The highest BCUT2D eigenvalue weighted by Gasteiger charge is 2.39. The Hall–Kier alpha value is -0.520. The minimum Gasteiger partial charge on any atom is -0.480 e. The van der Waals surface area contributed by atoms with Crippen LogP contribution in [0.15, 0.2) is 11.5 Å². The van der Waals surface area contributed by atoms with Crippen molar-refractivity contribution in [1.82, 2.24) is 10.9 Å². The molecule has 3 atom stereocenters. The molecule has 3 N–H and O–H groups in total. The van der Waals surface area contributed by atoms with Crippen LogP contribution in [0.4, 0.5) is 0 Å². The Morgan fingerprint density at radius 2 is 2.42 bits per heavy atom. The predicted molar refractivity (Wildman–Crippen MR) is 46.6 cm³/mol. The number of aliphatic carboxylic acids is 1. The van der Waals surface area contributed by atoms with Crippen LogP contribution in [0.25, 0.3) is 0 Å². The Morgan fingerprint density at radius 1 is 1.58 bits per heavy atom. The third kappa shape index (κ3) is 1.24. The summed E-state index contributed by atoms with van der Waals surface area (Å²) in [4.78, 5) is 10.7. The molecule has 0 aromatic heterocycles. The van der Waals surface area contributed by atoms with Gasteiger partial charge >= 0.3 is 5.97 Å². The van der Waals surface area contributed by atoms with E-state index in [0.717, 1.165) is 5.75 Å². The van der Waals surface area contributed by atoms with E-state index in [9.17, 15) is 4.79 Å². The second-order valence-corrected chi connectivity index (χ2v) is 3.89. The number of fused-ring (bicyclic) bond motifs is 1. The SMILES string of the molecule is O=C(O)C1NNC2C=CSCC21. The number of hydrazine groups is 1. The number of hydrogen-bond donors (Lipinski definition) is 3. The lowest BCUT2D eigenvalue weighted by Gasteiger charge is -2.20.